The summed E-state index contributed by atoms with van der Waals surface area (Å²) in [4.78, 5) is 49.7. The molecule has 4 aromatic carbocycles. The first-order valence-electron chi connectivity index (χ1n) is 20.8. The van der Waals surface area contributed by atoms with Gasteiger partial charge in [-0.05, 0) is 0 Å². The molecule has 2 aliphatic heterocycles. The molecule has 16 heteroatoms. The maximum atomic E-state index is 12.9. The summed E-state index contributed by atoms with van der Waals surface area (Å²) >= 11 is -0.851. The molecule has 6 rings (SSSR count). The van der Waals surface area contributed by atoms with Gasteiger partial charge in [0.2, 0.25) is 0 Å². The van der Waals surface area contributed by atoms with Crippen LogP contribution in [-0.4, -0.2) is 113 Å². The van der Waals surface area contributed by atoms with Gasteiger partial charge in [0, 0.05) is 0 Å². The van der Waals surface area contributed by atoms with Crippen LogP contribution in [-0.2, 0) is 81.6 Å². The van der Waals surface area contributed by atoms with E-state index in [9.17, 15) is 19.2 Å². The van der Waals surface area contributed by atoms with E-state index >= 15 is 0 Å². The molecule has 0 aliphatic carbocycles. The molecule has 0 bridgehead atoms. The van der Waals surface area contributed by atoms with Gasteiger partial charge in [-0.1, -0.05) is 0 Å². The maximum absolute atomic E-state index is 12.9. The zero-order valence-corrected chi connectivity index (χ0v) is 38.0. The first-order chi connectivity index (χ1) is 31.0. The van der Waals surface area contributed by atoms with E-state index in [0.29, 0.717) is 11.5 Å². The van der Waals surface area contributed by atoms with Crippen LogP contribution >= 0.6 is 0 Å². The van der Waals surface area contributed by atoms with E-state index in [-0.39, 0.29) is 33.0 Å². The van der Waals surface area contributed by atoms with E-state index in [1.165, 1.54) is 27.7 Å². The summed E-state index contributed by atoms with van der Waals surface area (Å²) in [6.07, 6.45) is -8.64. The SMILES string of the molecule is COc1ccc(O[C@@H]2O[C@H](COCc3ccccc3)[C@@H]([Se][C@@H]3O[C@H](COC(C)=O)[C@H](OC(C)=O)[C@H](OC(C)=O)[C@H]3OC(C)=O)[C@H](OCc3ccccc3)[C@H]2OCc2ccccc2)cc1. The van der Waals surface area contributed by atoms with Crippen LogP contribution < -0.4 is 9.47 Å². The van der Waals surface area contributed by atoms with Gasteiger partial charge in [-0.2, -0.15) is 0 Å². The third-order valence-corrected chi connectivity index (χ3v) is 13.3. The Morgan fingerprint density at radius 2 is 1.02 bits per heavy atom. The molecule has 0 N–H and O–H groups in total. The molecule has 2 saturated heterocycles. The summed E-state index contributed by atoms with van der Waals surface area (Å²) in [5.74, 6) is -1.67. The third kappa shape index (κ3) is 14.1. The number of methoxy groups -OCH3 is 1. The average molecular weight is 950 g/mol. The van der Waals surface area contributed by atoms with Crippen molar-refractivity contribution in [2.45, 2.75) is 106 Å². The fraction of sp³-hybridized carbons (Fsp3) is 0.417. The molecule has 342 valence electrons. The molecule has 2 heterocycles. The predicted molar refractivity (Wildman–Crippen MR) is 230 cm³/mol. The number of esters is 4. The average Bonchev–Trinajstić information content (AvgIpc) is 3.28. The molecule has 64 heavy (non-hydrogen) atoms. The van der Waals surface area contributed by atoms with Gasteiger partial charge in [-0.3, -0.25) is 0 Å². The fourth-order valence-electron chi connectivity index (χ4n) is 7.28. The third-order valence-electron chi connectivity index (χ3n) is 10.1. The van der Waals surface area contributed by atoms with E-state index in [2.05, 4.69) is 0 Å². The van der Waals surface area contributed by atoms with Gasteiger partial charge >= 0.3 is 380 Å². The van der Waals surface area contributed by atoms with E-state index in [1.54, 1.807) is 31.4 Å². The molecule has 2 fully saturated rings. The van der Waals surface area contributed by atoms with Crippen molar-refractivity contribution in [2.24, 2.45) is 0 Å². The van der Waals surface area contributed by atoms with Crippen molar-refractivity contribution in [1.29, 1.82) is 0 Å². The second-order valence-electron chi connectivity index (χ2n) is 15.0. The summed E-state index contributed by atoms with van der Waals surface area (Å²) in [5, 5.41) is -1.03. The number of benzene rings is 4. The molecule has 0 unspecified atom stereocenters. The van der Waals surface area contributed by atoms with Crippen molar-refractivity contribution in [2.75, 3.05) is 20.3 Å². The number of carbonyl (C=O) groups is 4. The summed E-state index contributed by atoms with van der Waals surface area (Å²) in [6, 6.07) is 36.1. The molecule has 15 nitrogen and oxygen atoms in total. The molecule has 0 amide bonds. The molecule has 0 radical (unpaired) electrons. The Morgan fingerprint density at radius 1 is 0.516 bits per heavy atom. The Balaban J connectivity index is 1.45. The minimum absolute atomic E-state index is 0.0473. The number of rotatable bonds is 20. The van der Waals surface area contributed by atoms with Crippen LogP contribution in [0.15, 0.2) is 115 Å². The van der Waals surface area contributed by atoms with Crippen LogP contribution in [0.4, 0.5) is 0 Å². The molecular weight excluding hydrogens is 895 g/mol. The van der Waals surface area contributed by atoms with Crippen molar-refractivity contribution >= 4 is 38.8 Å². The fourth-order valence-corrected chi connectivity index (χ4v) is 10.6. The van der Waals surface area contributed by atoms with Crippen LogP contribution in [0.25, 0.3) is 0 Å². The van der Waals surface area contributed by atoms with Gasteiger partial charge in [0.15, 0.2) is 0 Å². The summed E-state index contributed by atoms with van der Waals surface area (Å²) in [7, 11) is 1.58. The quantitative estimate of drug-likeness (QED) is 0.0595. The van der Waals surface area contributed by atoms with Gasteiger partial charge in [0.25, 0.3) is 0 Å². The Bertz CT molecular complexity index is 2070. The van der Waals surface area contributed by atoms with Crippen LogP contribution in [0.5, 0.6) is 11.5 Å². The van der Waals surface area contributed by atoms with Crippen molar-refractivity contribution < 1.29 is 71.3 Å². The molecule has 10 atom stereocenters. The number of ether oxygens (including phenoxy) is 11. The molecule has 0 saturated carbocycles. The normalized spacial score (nSPS) is 25.3. The molecular formula is C48H54O15Se. The second-order valence-corrected chi connectivity index (χ2v) is 17.7. The first kappa shape index (κ1) is 48.1. The number of hydrogen-bond donors (Lipinski definition) is 0. The van der Waals surface area contributed by atoms with Crippen molar-refractivity contribution in [3.63, 3.8) is 0 Å². The van der Waals surface area contributed by atoms with Gasteiger partial charge in [0.05, 0.1) is 0 Å². The summed E-state index contributed by atoms with van der Waals surface area (Å²) in [5.41, 5.74) is 2.72. The van der Waals surface area contributed by atoms with Crippen LogP contribution in [0.3, 0.4) is 0 Å². The number of carbonyl (C=O) groups excluding carboxylic acids is 4. The van der Waals surface area contributed by atoms with E-state index in [4.69, 9.17) is 52.1 Å². The summed E-state index contributed by atoms with van der Waals surface area (Å²) < 4.78 is 68.7. The van der Waals surface area contributed by atoms with Crippen LogP contribution in [0.1, 0.15) is 44.4 Å². The van der Waals surface area contributed by atoms with Crippen LogP contribution in [0.2, 0.25) is 4.82 Å². The van der Waals surface area contributed by atoms with Crippen molar-refractivity contribution in [3.8, 4) is 11.5 Å². The van der Waals surface area contributed by atoms with Crippen molar-refractivity contribution in [3.05, 3.63) is 132 Å². The Hall–Kier alpha value is -5.32. The van der Waals surface area contributed by atoms with Crippen LogP contribution in [0, 0.1) is 0 Å². The van der Waals surface area contributed by atoms with Gasteiger partial charge in [-0.15, -0.1) is 0 Å². The van der Waals surface area contributed by atoms with Gasteiger partial charge in [0.1, 0.15) is 0 Å². The van der Waals surface area contributed by atoms with E-state index < -0.39 is 97.7 Å². The van der Waals surface area contributed by atoms with E-state index in [1.807, 2.05) is 91.0 Å². The molecule has 2 aliphatic rings. The zero-order chi connectivity index (χ0) is 45.4. The summed E-state index contributed by atoms with van der Waals surface area (Å²) in [6.45, 7) is 5.06. The first-order valence-corrected chi connectivity index (χ1v) is 22.8. The monoisotopic (exact) mass is 950 g/mol. The van der Waals surface area contributed by atoms with Gasteiger partial charge in [-0.25, -0.2) is 0 Å². The van der Waals surface area contributed by atoms with Crippen molar-refractivity contribution in [1.82, 2.24) is 0 Å². The number of hydrogen-bond acceptors (Lipinski definition) is 15. The second kappa shape index (κ2) is 24.1. The standard InChI is InChI=1S/C48H54O15Se/c1-30(49)55-29-39-41(58-31(2)50)42(59-32(3)51)45(60-33(4)52)48(63-39)64-46-40(28-54-25-34-15-9-6-10-16-34)62-47(61-38-23-21-37(53-5)22-24-38)44(57-27-36-19-13-8-14-20-36)43(46)56-26-35-17-11-7-12-18-35/h6-24,39-48H,25-29H2,1-5H3/t39-,40-,41+,42+,43-,44-,45-,46-,47-,48+/m1/s1. The molecule has 0 spiro atoms. The zero-order valence-electron chi connectivity index (χ0n) is 36.3. The van der Waals surface area contributed by atoms with Gasteiger partial charge < -0.3 is 0 Å². The molecule has 4 aromatic rings. The predicted octanol–water partition coefficient (Wildman–Crippen LogP) is 5.76. The minimum atomic E-state index is -1.36. The Morgan fingerprint density at radius 3 is 1.55 bits per heavy atom. The Labute approximate surface area is 379 Å². The Kier molecular flexibility index (Phi) is 18.1. The van der Waals surface area contributed by atoms with E-state index in [0.717, 1.165) is 16.7 Å². The molecule has 0 aromatic heterocycles. The topological polar surface area (TPSA) is 170 Å².